The molecule has 130 valence electrons. The summed E-state index contributed by atoms with van der Waals surface area (Å²) >= 11 is 6.01. The van der Waals surface area contributed by atoms with Crippen LogP contribution >= 0.6 is 38.5 Å². The Morgan fingerprint density at radius 2 is 1.26 bits per heavy atom. The molecule has 0 aliphatic rings. The Morgan fingerprint density at radius 1 is 0.630 bits per heavy atom. The van der Waals surface area contributed by atoms with Crippen LogP contribution in [0.15, 0.2) is 95.5 Å². The lowest BCUT2D eigenvalue weighted by Gasteiger charge is -2.09. The Kier molecular flexibility index (Phi) is 4.29. The second-order valence-electron chi connectivity index (χ2n) is 6.57. The molecule has 1 nitrogen and oxygen atoms in total. The van der Waals surface area contributed by atoms with Gasteiger partial charge in [0.05, 0.1) is 11.0 Å². The molecule has 0 saturated carbocycles. The van der Waals surface area contributed by atoms with Crippen molar-refractivity contribution >= 4 is 60.3 Å². The first kappa shape index (κ1) is 17.0. The number of rotatable bonds is 2. The largest absolute Gasteiger partial charge is 0.309 e. The molecule has 3 heteroatoms. The Balaban J connectivity index is 1.74. The van der Waals surface area contributed by atoms with Gasteiger partial charge in [-0.25, -0.2) is 0 Å². The van der Waals surface area contributed by atoms with Crippen LogP contribution in [0.2, 0.25) is 0 Å². The third-order valence-electron chi connectivity index (χ3n) is 4.92. The van der Waals surface area contributed by atoms with Gasteiger partial charge in [0.25, 0.3) is 0 Å². The van der Waals surface area contributed by atoms with Crippen molar-refractivity contribution in [3.8, 4) is 16.8 Å². The lowest BCUT2D eigenvalue weighted by atomic mass is 10.1. The average Bonchev–Trinajstić information content (AvgIpc) is 3.02. The fourth-order valence-corrected chi connectivity index (χ4v) is 4.53. The molecule has 0 amide bonds. The summed E-state index contributed by atoms with van der Waals surface area (Å²) in [4.78, 5) is 0. The fourth-order valence-electron chi connectivity index (χ4n) is 3.68. The molecule has 1 heterocycles. The van der Waals surface area contributed by atoms with Crippen molar-refractivity contribution in [2.75, 3.05) is 0 Å². The van der Waals surface area contributed by atoms with Gasteiger partial charge in [-0.3, -0.25) is 0 Å². The minimum Gasteiger partial charge on any atom is -0.309 e. The minimum atomic E-state index is 1.10. The predicted octanol–water partition coefficient (Wildman–Crippen LogP) is 7.82. The maximum atomic E-state index is 3.63. The van der Waals surface area contributed by atoms with E-state index in [2.05, 4.69) is 134 Å². The van der Waals surface area contributed by atoms with Gasteiger partial charge in [0.1, 0.15) is 0 Å². The van der Waals surface area contributed by atoms with Gasteiger partial charge in [0.2, 0.25) is 0 Å². The van der Waals surface area contributed by atoms with Crippen LogP contribution in [0, 0.1) is 3.57 Å². The van der Waals surface area contributed by atoms with Crippen molar-refractivity contribution in [3.05, 3.63) is 99.0 Å². The zero-order chi connectivity index (χ0) is 18.4. The maximum Gasteiger partial charge on any atom is 0.0541 e. The van der Waals surface area contributed by atoms with E-state index < -0.39 is 0 Å². The summed E-state index contributed by atoms with van der Waals surface area (Å²) < 4.78 is 4.70. The molecule has 0 atom stereocenters. The summed E-state index contributed by atoms with van der Waals surface area (Å²) in [6, 6.07) is 32.5. The zero-order valence-electron chi connectivity index (χ0n) is 14.4. The van der Waals surface area contributed by atoms with Gasteiger partial charge in [-0.2, -0.15) is 0 Å². The van der Waals surface area contributed by atoms with Crippen LogP contribution in [0.5, 0.6) is 0 Å². The van der Waals surface area contributed by atoms with Gasteiger partial charge >= 0.3 is 0 Å². The standard InChI is InChI=1S/C24H15BrIN/c25-18-8-12-23-21(14-18)22-15-19(26)9-13-24(22)27(23)20-10-6-17(7-11-20)16-4-2-1-3-5-16/h1-15H. The topological polar surface area (TPSA) is 4.93 Å². The van der Waals surface area contributed by atoms with Crippen LogP contribution in [-0.4, -0.2) is 4.57 Å². The maximum absolute atomic E-state index is 3.63. The van der Waals surface area contributed by atoms with E-state index in [0.717, 1.165) is 4.47 Å². The van der Waals surface area contributed by atoms with Gasteiger partial charge in [-0.1, -0.05) is 58.4 Å². The Hall–Kier alpha value is -2.11. The summed E-state index contributed by atoms with van der Waals surface area (Å²) in [5.74, 6) is 0. The molecular formula is C24H15BrIN. The van der Waals surface area contributed by atoms with E-state index in [1.807, 2.05) is 0 Å². The Labute approximate surface area is 179 Å². The molecule has 0 bridgehead atoms. The molecule has 1 aromatic heterocycles. The van der Waals surface area contributed by atoms with Gasteiger partial charge in [0.15, 0.2) is 0 Å². The van der Waals surface area contributed by atoms with Gasteiger partial charge < -0.3 is 4.57 Å². The SMILES string of the molecule is Brc1ccc2c(c1)c1cc(I)ccc1n2-c1ccc(-c2ccccc2)cc1. The van der Waals surface area contributed by atoms with Gasteiger partial charge in [-0.05, 0) is 82.2 Å². The first-order chi connectivity index (χ1) is 13.2. The first-order valence-corrected chi connectivity index (χ1v) is 10.6. The van der Waals surface area contributed by atoms with E-state index in [4.69, 9.17) is 0 Å². The smallest absolute Gasteiger partial charge is 0.0541 e. The average molecular weight is 524 g/mol. The molecule has 0 spiro atoms. The molecule has 0 unspecified atom stereocenters. The number of aromatic nitrogens is 1. The van der Waals surface area contributed by atoms with Gasteiger partial charge in [-0.15, -0.1) is 0 Å². The summed E-state index contributed by atoms with van der Waals surface area (Å²) in [7, 11) is 0. The molecule has 27 heavy (non-hydrogen) atoms. The highest BCUT2D eigenvalue weighted by molar-refractivity contribution is 14.1. The Morgan fingerprint density at radius 3 is 2.00 bits per heavy atom. The number of hydrogen-bond donors (Lipinski definition) is 0. The second kappa shape index (κ2) is 6.80. The minimum absolute atomic E-state index is 1.10. The van der Waals surface area contributed by atoms with Crippen LogP contribution in [0.1, 0.15) is 0 Å². The molecule has 0 aliphatic carbocycles. The number of benzene rings is 4. The van der Waals surface area contributed by atoms with Gasteiger partial charge in [0, 0.05) is 24.5 Å². The molecular weight excluding hydrogens is 509 g/mol. The van der Waals surface area contributed by atoms with Crippen molar-refractivity contribution in [3.63, 3.8) is 0 Å². The molecule has 0 fully saturated rings. The lowest BCUT2D eigenvalue weighted by molar-refractivity contribution is 1.18. The molecule has 0 radical (unpaired) electrons. The normalized spacial score (nSPS) is 11.3. The molecule has 5 rings (SSSR count). The quantitative estimate of drug-likeness (QED) is 0.208. The van der Waals surface area contributed by atoms with Crippen LogP contribution < -0.4 is 0 Å². The van der Waals surface area contributed by atoms with Crippen LogP contribution in [0.4, 0.5) is 0 Å². The zero-order valence-corrected chi connectivity index (χ0v) is 18.1. The number of hydrogen-bond acceptors (Lipinski definition) is 0. The van der Waals surface area contributed by atoms with E-state index in [9.17, 15) is 0 Å². The monoisotopic (exact) mass is 523 g/mol. The fraction of sp³-hybridized carbons (Fsp3) is 0. The van der Waals surface area contributed by atoms with E-state index >= 15 is 0 Å². The second-order valence-corrected chi connectivity index (χ2v) is 8.73. The van der Waals surface area contributed by atoms with E-state index in [-0.39, 0.29) is 0 Å². The first-order valence-electron chi connectivity index (χ1n) is 8.76. The summed E-state index contributed by atoms with van der Waals surface area (Å²) in [5.41, 5.74) is 6.11. The van der Waals surface area contributed by atoms with Crippen LogP contribution in [0.3, 0.4) is 0 Å². The van der Waals surface area contributed by atoms with Crippen LogP contribution in [0.25, 0.3) is 38.6 Å². The lowest BCUT2D eigenvalue weighted by Crippen LogP contribution is -1.93. The van der Waals surface area contributed by atoms with Crippen LogP contribution in [-0.2, 0) is 0 Å². The molecule has 0 N–H and O–H groups in total. The number of nitrogens with zero attached hydrogens (tertiary/aromatic N) is 1. The highest BCUT2D eigenvalue weighted by atomic mass is 127. The van der Waals surface area contributed by atoms with Crippen molar-refractivity contribution in [2.45, 2.75) is 0 Å². The highest BCUT2D eigenvalue weighted by Gasteiger charge is 2.13. The molecule has 0 saturated heterocycles. The summed E-state index contributed by atoms with van der Waals surface area (Å²) in [5, 5.41) is 2.55. The number of fused-ring (bicyclic) bond motifs is 3. The highest BCUT2D eigenvalue weighted by Crippen LogP contribution is 2.35. The van der Waals surface area contributed by atoms with E-state index in [1.54, 1.807) is 0 Å². The number of halogens is 2. The van der Waals surface area contributed by atoms with Crippen molar-refractivity contribution < 1.29 is 0 Å². The van der Waals surface area contributed by atoms with E-state index in [0.29, 0.717) is 0 Å². The summed E-state index contributed by atoms with van der Waals surface area (Å²) in [6.07, 6.45) is 0. The van der Waals surface area contributed by atoms with Crippen molar-refractivity contribution in [2.24, 2.45) is 0 Å². The Bertz CT molecular complexity index is 1210. The third-order valence-corrected chi connectivity index (χ3v) is 6.09. The van der Waals surface area contributed by atoms with E-state index in [1.165, 1.54) is 42.2 Å². The molecule has 5 aromatic rings. The molecule has 4 aromatic carbocycles. The third kappa shape index (κ3) is 2.99. The van der Waals surface area contributed by atoms with Crippen molar-refractivity contribution in [1.29, 1.82) is 0 Å². The molecule has 0 aliphatic heterocycles. The predicted molar refractivity (Wildman–Crippen MR) is 127 cm³/mol. The summed E-state index contributed by atoms with van der Waals surface area (Å²) in [6.45, 7) is 0. The van der Waals surface area contributed by atoms with Crippen molar-refractivity contribution in [1.82, 2.24) is 4.57 Å².